The predicted octanol–water partition coefficient (Wildman–Crippen LogP) is 3.37. The number of fused-ring (bicyclic) bond motifs is 1. The molecule has 0 aliphatic rings. The smallest absolute Gasteiger partial charge is 0.279 e. The maximum Gasteiger partial charge on any atom is 0.279 e. The van der Waals surface area contributed by atoms with Gasteiger partial charge in [-0.25, -0.2) is 13.8 Å². The van der Waals surface area contributed by atoms with Gasteiger partial charge >= 0.3 is 0 Å². The first-order chi connectivity index (χ1) is 9.95. The number of halogens is 3. The summed E-state index contributed by atoms with van der Waals surface area (Å²) in [5.74, 6) is -1.35. The Labute approximate surface area is 126 Å². The van der Waals surface area contributed by atoms with Gasteiger partial charge in [-0.05, 0) is 46.6 Å². The lowest BCUT2D eigenvalue weighted by Crippen LogP contribution is -2.23. The molecule has 3 rings (SSSR count). The van der Waals surface area contributed by atoms with Gasteiger partial charge in [0.15, 0.2) is 10.3 Å². The van der Waals surface area contributed by atoms with E-state index in [1.54, 1.807) is 19.2 Å². The molecule has 1 unspecified atom stereocenters. The van der Waals surface area contributed by atoms with E-state index in [-0.39, 0.29) is 11.1 Å². The second-order valence-electron chi connectivity index (χ2n) is 4.70. The average Bonchev–Trinajstić information content (AvgIpc) is 2.79. The summed E-state index contributed by atoms with van der Waals surface area (Å²) in [6.07, 6.45) is 1.57. The van der Waals surface area contributed by atoms with Crippen LogP contribution in [0.3, 0.4) is 0 Å². The van der Waals surface area contributed by atoms with Gasteiger partial charge in [-0.1, -0.05) is 0 Å². The van der Waals surface area contributed by atoms with Crippen LogP contribution in [0.15, 0.2) is 40.0 Å². The number of pyridine rings is 1. The van der Waals surface area contributed by atoms with Crippen molar-refractivity contribution in [3.63, 3.8) is 0 Å². The van der Waals surface area contributed by atoms with Gasteiger partial charge in [-0.3, -0.25) is 4.79 Å². The zero-order chi connectivity index (χ0) is 15.1. The Bertz CT molecular complexity index is 867. The Morgan fingerprint density at radius 1 is 1.29 bits per heavy atom. The Hall–Kier alpha value is -2.02. The van der Waals surface area contributed by atoms with E-state index in [9.17, 15) is 13.6 Å². The van der Waals surface area contributed by atoms with E-state index in [0.717, 1.165) is 6.07 Å². The number of aromatic amines is 1. The van der Waals surface area contributed by atoms with E-state index in [1.165, 1.54) is 16.7 Å². The molecular weight excluding hydrogens is 344 g/mol. The molecule has 7 heteroatoms. The molecule has 21 heavy (non-hydrogen) atoms. The molecule has 108 valence electrons. The summed E-state index contributed by atoms with van der Waals surface area (Å²) in [7, 11) is 0. The van der Waals surface area contributed by atoms with E-state index in [2.05, 4.69) is 25.9 Å². The molecule has 3 aromatic rings. The molecule has 4 nitrogen and oxygen atoms in total. The SMILES string of the molecule is CC(c1cc(F)cc(F)c1)n1ccc2[nH]c(Br)nc2c1=O. The fraction of sp³-hybridized carbons (Fsp3) is 0.143. The highest BCUT2D eigenvalue weighted by Crippen LogP contribution is 2.20. The number of imidazole rings is 1. The van der Waals surface area contributed by atoms with Crippen molar-refractivity contribution < 1.29 is 8.78 Å². The molecule has 1 N–H and O–H groups in total. The Morgan fingerprint density at radius 2 is 1.95 bits per heavy atom. The first-order valence-electron chi connectivity index (χ1n) is 6.18. The third-order valence-electron chi connectivity index (χ3n) is 3.33. The van der Waals surface area contributed by atoms with Crippen LogP contribution in [0.1, 0.15) is 18.5 Å². The third kappa shape index (κ3) is 2.49. The Balaban J connectivity index is 2.15. The minimum absolute atomic E-state index is 0.271. The topological polar surface area (TPSA) is 50.7 Å². The molecule has 0 aliphatic carbocycles. The van der Waals surface area contributed by atoms with Gasteiger partial charge in [0.25, 0.3) is 5.56 Å². The quantitative estimate of drug-likeness (QED) is 0.767. The fourth-order valence-electron chi connectivity index (χ4n) is 2.27. The second kappa shape index (κ2) is 5.07. The van der Waals surface area contributed by atoms with Crippen LogP contribution in [0.5, 0.6) is 0 Å². The molecule has 2 heterocycles. The summed E-state index contributed by atoms with van der Waals surface area (Å²) in [6.45, 7) is 1.70. The van der Waals surface area contributed by atoms with E-state index in [4.69, 9.17) is 0 Å². The van der Waals surface area contributed by atoms with Crippen molar-refractivity contribution in [3.8, 4) is 0 Å². The standard InChI is InChI=1S/C14H10BrF2N3O/c1-7(8-4-9(16)6-10(17)5-8)20-3-2-11-12(13(20)21)19-14(15)18-11/h2-7H,1H3,(H,18,19). The van der Waals surface area contributed by atoms with Crippen molar-refractivity contribution in [2.75, 3.05) is 0 Å². The first kappa shape index (κ1) is 13.9. The normalized spacial score (nSPS) is 12.8. The maximum atomic E-state index is 13.3. The fourth-order valence-corrected chi connectivity index (χ4v) is 2.66. The molecule has 0 amide bonds. The number of hydrogen-bond acceptors (Lipinski definition) is 2. The van der Waals surface area contributed by atoms with Crippen LogP contribution in [0.4, 0.5) is 8.78 Å². The monoisotopic (exact) mass is 353 g/mol. The van der Waals surface area contributed by atoms with E-state index < -0.39 is 17.7 Å². The summed E-state index contributed by atoms with van der Waals surface area (Å²) in [6, 6.07) is 4.41. The van der Waals surface area contributed by atoms with E-state index in [1.807, 2.05) is 0 Å². The minimum Gasteiger partial charge on any atom is -0.332 e. The number of hydrogen-bond donors (Lipinski definition) is 1. The summed E-state index contributed by atoms with van der Waals surface area (Å²) in [5.41, 5.74) is 0.920. The van der Waals surface area contributed by atoms with Crippen molar-refractivity contribution in [1.29, 1.82) is 0 Å². The van der Waals surface area contributed by atoms with Gasteiger partial charge in [-0.2, -0.15) is 0 Å². The molecule has 0 bridgehead atoms. The highest BCUT2D eigenvalue weighted by molar-refractivity contribution is 9.10. The molecule has 0 fully saturated rings. The molecule has 0 saturated heterocycles. The van der Waals surface area contributed by atoms with Crippen LogP contribution in [0, 0.1) is 11.6 Å². The van der Waals surface area contributed by atoms with Crippen molar-refractivity contribution in [2.24, 2.45) is 0 Å². The lowest BCUT2D eigenvalue weighted by molar-refractivity contribution is 0.560. The number of benzene rings is 1. The Morgan fingerprint density at radius 3 is 2.62 bits per heavy atom. The van der Waals surface area contributed by atoms with Crippen LogP contribution in [-0.2, 0) is 0 Å². The first-order valence-corrected chi connectivity index (χ1v) is 6.97. The van der Waals surface area contributed by atoms with Gasteiger partial charge in [0.1, 0.15) is 11.6 Å². The number of rotatable bonds is 2. The molecule has 0 saturated carbocycles. The van der Waals surface area contributed by atoms with Gasteiger partial charge in [0, 0.05) is 12.3 Å². The lowest BCUT2D eigenvalue weighted by Gasteiger charge is -2.15. The number of aromatic nitrogens is 3. The Kier molecular flexibility index (Phi) is 3.36. The predicted molar refractivity (Wildman–Crippen MR) is 78.2 cm³/mol. The molecular formula is C14H10BrF2N3O. The molecule has 2 aromatic heterocycles. The van der Waals surface area contributed by atoms with Crippen LogP contribution in [0.2, 0.25) is 0 Å². The lowest BCUT2D eigenvalue weighted by atomic mass is 10.1. The third-order valence-corrected chi connectivity index (χ3v) is 3.70. The zero-order valence-electron chi connectivity index (χ0n) is 10.9. The van der Waals surface area contributed by atoms with E-state index in [0.29, 0.717) is 15.8 Å². The minimum atomic E-state index is -0.673. The zero-order valence-corrected chi connectivity index (χ0v) is 12.5. The average molecular weight is 354 g/mol. The van der Waals surface area contributed by atoms with Gasteiger partial charge in [0.05, 0.1) is 11.6 Å². The number of nitrogens with one attached hydrogen (secondary N) is 1. The van der Waals surface area contributed by atoms with Crippen LogP contribution < -0.4 is 5.56 Å². The highest BCUT2D eigenvalue weighted by Gasteiger charge is 2.15. The number of nitrogens with zero attached hydrogens (tertiary/aromatic N) is 2. The summed E-state index contributed by atoms with van der Waals surface area (Å²) in [4.78, 5) is 19.4. The number of H-pyrrole nitrogens is 1. The van der Waals surface area contributed by atoms with Gasteiger partial charge < -0.3 is 9.55 Å². The molecule has 0 spiro atoms. The van der Waals surface area contributed by atoms with Crippen LogP contribution in [0.25, 0.3) is 11.0 Å². The largest absolute Gasteiger partial charge is 0.332 e. The van der Waals surface area contributed by atoms with Crippen LogP contribution in [-0.4, -0.2) is 14.5 Å². The van der Waals surface area contributed by atoms with Crippen molar-refractivity contribution in [2.45, 2.75) is 13.0 Å². The van der Waals surface area contributed by atoms with E-state index >= 15 is 0 Å². The van der Waals surface area contributed by atoms with Crippen LogP contribution >= 0.6 is 15.9 Å². The highest BCUT2D eigenvalue weighted by atomic mass is 79.9. The van der Waals surface area contributed by atoms with Gasteiger partial charge in [0.2, 0.25) is 0 Å². The second-order valence-corrected chi connectivity index (χ2v) is 5.45. The molecule has 1 aromatic carbocycles. The summed E-state index contributed by atoms with van der Waals surface area (Å²) in [5, 5.41) is 0. The summed E-state index contributed by atoms with van der Waals surface area (Å²) >= 11 is 3.17. The summed E-state index contributed by atoms with van der Waals surface area (Å²) < 4.78 is 28.5. The molecule has 0 radical (unpaired) electrons. The molecule has 1 atom stereocenters. The van der Waals surface area contributed by atoms with Gasteiger partial charge in [-0.15, -0.1) is 0 Å². The van der Waals surface area contributed by atoms with Crippen molar-refractivity contribution >= 4 is 27.0 Å². The van der Waals surface area contributed by atoms with Crippen molar-refractivity contribution in [3.05, 3.63) is 62.7 Å². The molecule has 0 aliphatic heterocycles. The van der Waals surface area contributed by atoms with Crippen molar-refractivity contribution in [1.82, 2.24) is 14.5 Å². The maximum absolute atomic E-state index is 13.3.